The highest BCUT2D eigenvalue weighted by Crippen LogP contribution is 2.37. The Balaban J connectivity index is 1.98. The van der Waals surface area contributed by atoms with E-state index in [1.165, 1.54) is 0 Å². The number of carbonyl (C=O) groups is 1. The second-order valence-corrected chi connectivity index (χ2v) is 5.61. The van der Waals surface area contributed by atoms with E-state index in [1.807, 2.05) is 19.1 Å². The molecule has 0 aliphatic heterocycles. The lowest BCUT2D eigenvalue weighted by Gasteiger charge is -2.13. The Bertz CT molecular complexity index is 954. The van der Waals surface area contributed by atoms with Crippen molar-refractivity contribution in [1.82, 2.24) is 4.98 Å². The van der Waals surface area contributed by atoms with Gasteiger partial charge in [0.05, 0.1) is 31.4 Å². The van der Waals surface area contributed by atoms with E-state index >= 15 is 0 Å². The fourth-order valence-electron chi connectivity index (χ4n) is 2.67. The van der Waals surface area contributed by atoms with Gasteiger partial charge in [0.2, 0.25) is 0 Å². The Labute approximate surface area is 157 Å². The quantitative estimate of drug-likeness (QED) is 0.568. The lowest BCUT2D eigenvalue weighted by molar-refractivity contribution is 0.0526. The van der Waals surface area contributed by atoms with Crippen LogP contribution in [-0.2, 0) is 4.74 Å². The lowest BCUT2D eigenvalue weighted by atomic mass is 10.1. The third-order valence-corrected chi connectivity index (χ3v) is 3.86. The SMILES string of the molecule is CCOC(=O)c1cccc(Oc2ccnc3cc(OC)c(OCC)cc23)c1. The number of pyridine rings is 1. The zero-order chi connectivity index (χ0) is 19.2. The number of benzene rings is 2. The summed E-state index contributed by atoms with van der Waals surface area (Å²) >= 11 is 0. The van der Waals surface area contributed by atoms with Gasteiger partial charge in [-0.3, -0.25) is 4.98 Å². The Morgan fingerprint density at radius 3 is 2.59 bits per heavy atom. The number of ether oxygens (including phenoxy) is 4. The molecular weight excluding hydrogens is 346 g/mol. The van der Waals surface area contributed by atoms with Crippen LogP contribution in [0.4, 0.5) is 0 Å². The van der Waals surface area contributed by atoms with E-state index in [0.717, 1.165) is 5.39 Å². The Hall–Kier alpha value is -3.28. The zero-order valence-electron chi connectivity index (χ0n) is 15.5. The van der Waals surface area contributed by atoms with Crippen LogP contribution in [0.15, 0.2) is 48.7 Å². The molecule has 0 aliphatic carbocycles. The van der Waals surface area contributed by atoms with Crippen LogP contribution in [0.25, 0.3) is 10.9 Å². The summed E-state index contributed by atoms with van der Waals surface area (Å²) in [6, 6.07) is 12.3. The molecular formula is C21H21NO5. The van der Waals surface area contributed by atoms with E-state index in [2.05, 4.69) is 4.98 Å². The first-order chi connectivity index (χ1) is 13.2. The minimum Gasteiger partial charge on any atom is -0.493 e. The number of fused-ring (bicyclic) bond motifs is 1. The summed E-state index contributed by atoms with van der Waals surface area (Å²) in [7, 11) is 1.59. The predicted molar refractivity (Wildman–Crippen MR) is 102 cm³/mol. The molecule has 0 aliphatic rings. The average Bonchev–Trinajstić information content (AvgIpc) is 2.68. The Morgan fingerprint density at radius 2 is 1.85 bits per heavy atom. The van der Waals surface area contributed by atoms with Crippen LogP contribution < -0.4 is 14.2 Å². The van der Waals surface area contributed by atoms with Crippen molar-refractivity contribution in [2.75, 3.05) is 20.3 Å². The number of carbonyl (C=O) groups excluding carboxylic acids is 1. The van der Waals surface area contributed by atoms with Gasteiger partial charge in [-0.25, -0.2) is 4.79 Å². The maximum atomic E-state index is 11.9. The maximum Gasteiger partial charge on any atom is 0.338 e. The van der Waals surface area contributed by atoms with Crippen LogP contribution >= 0.6 is 0 Å². The number of rotatable bonds is 7. The van der Waals surface area contributed by atoms with E-state index in [4.69, 9.17) is 18.9 Å². The van der Waals surface area contributed by atoms with Crippen LogP contribution in [0.5, 0.6) is 23.0 Å². The molecule has 27 heavy (non-hydrogen) atoms. The lowest BCUT2D eigenvalue weighted by Crippen LogP contribution is -2.04. The van der Waals surface area contributed by atoms with Gasteiger partial charge < -0.3 is 18.9 Å². The highest BCUT2D eigenvalue weighted by molar-refractivity contribution is 5.90. The number of aromatic nitrogens is 1. The molecule has 1 aromatic heterocycles. The number of esters is 1. The van der Waals surface area contributed by atoms with E-state index in [-0.39, 0.29) is 5.97 Å². The topological polar surface area (TPSA) is 66.9 Å². The maximum absolute atomic E-state index is 11.9. The van der Waals surface area contributed by atoms with Crippen LogP contribution in [0.3, 0.4) is 0 Å². The van der Waals surface area contributed by atoms with Crippen molar-refractivity contribution in [3.8, 4) is 23.0 Å². The molecule has 0 spiro atoms. The predicted octanol–water partition coefficient (Wildman–Crippen LogP) is 4.61. The molecule has 0 N–H and O–H groups in total. The first-order valence-electron chi connectivity index (χ1n) is 8.70. The summed E-state index contributed by atoms with van der Waals surface area (Å²) in [5.74, 6) is 1.97. The molecule has 0 bridgehead atoms. The molecule has 140 valence electrons. The van der Waals surface area contributed by atoms with Crippen LogP contribution in [0.2, 0.25) is 0 Å². The van der Waals surface area contributed by atoms with Gasteiger partial charge in [0, 0.05) is 17.6 Å². The van der Waals surface area contributed by atoms with E-state index in [1.54, 1.807) is 50.6 Å². The molecule has 2 aromatic carbocycles. The third-order valence-electron chi connectivity index (χ3n) is 3.86. The van der Waals surface area contributed by atoms with Gasteiger partial charge >= 0.3 is 5.97 Å². The van der Waals surface area contributed by atoms with Crippen LogP contribution in [-0.4, -0.2) is 31.3 Å². The van der Waals surface area contributed by atoms with Crippen molar-refractivity contribution in [2.45, 2.75) is 13.8 Å². The number of hydrogen-bond acceptors (Lipinski definition) is 6. The van der Waals surface area contributed by atoms with Gasteiger partial charge in [0.25, 0.3) is 0 Å². The van der Waals surface area contributed by atoms with Crippen molar-refractivity contribution >= 4 is 16.9 Å². The number of nitrogens with zero attached hydrogens (tertiary/aromatic N) is 1. The second kappa shape index (κ2) is 8.40. The number of methoxy groups -OCH3 is 1. The summed E-state index contributed by atoms with van der Waals surface area (Å²) in [6.45, 7) is 4.51. The van der Waals surface area contributed by atoms with Crippen molar-refractivity contribution < 1.29 is 23.7 Å². The summed E-state index contributed by atoms with van der Waals surface area (Å²) in [6.07, 6.45) is 1.66. The van der Waals surface area contributed by atoms with Crippen molar-refractivity contribution in [1.29, 1.82) is 0 Å². The summed E-state index contributed by atoms with van der Waals surface area (Å²) in [5.41, 5.74) is 1.15. The van der Waals surface area contributed by atoms with Gasteiger partial charge in [-0.15, -0.1) is 0 Å². The van der Waals surface area contributed by atoms with E-state index in [9.17, 15) is 4.79 Å². The molecule has 0 amide bonds. The largest absolute Gasteiger partial charge is 0.493 e. The fraction of sp³-hybridized carbons (Fsp3) is 0.238. The molecule has 6 nitrogen and oxygen atoms in total. The first-order valence-corrected chi connectivity index (χ1v) is 8.70. The molecule has 3 aromatic rings. The van der Waals surface area contributed by atoms with Gasteiger partial charge in [0.15, 0.2) is 11.5 Å². The van der Waals surface area contributed by atoms with Crippen LogP contribution in [0, 0.1) is 0 Å². The molecule has 1 heterocycles. The zero-order valence-corrected chi connectivity index (χ0v) is 15.5. The van der Waals surface area contributed by atoms with Crippen molar-refractivity contribution in [3.63, 3.8) is 0 Å². The molecule has 0 saturated carbocycles. The Kier molecular flexibility index (Phi) is 5.76. The average molecular weight is 367 g/mol. The minimum atomic E-state index is -0.383. The molecule has 6 heteroatoms. The summed E-state index contributed by atoms with van der Waals surface area (Å²) in [5, 5.41) is 0.781. The molecule has 0 unspecified atom stereocenters. The normalized spacial score (nSPS) is 10.5. The summed E-state index contributed by atoms with van der Waals surface area (Å²) in [4.78, 5) is 16.3. The monoisotopic (exact) mass is 367 g/mol. The molecule has 0 fully saturated rings. The third kappa shape index (κ3) is 4.11. The van der Waals surface area contributed by atoms with Gasteiger partial charge in [-0.2, -0.15) is 0 Å². The first kappa shape index (κ1) is 18.5. The van der Waals surface area contributed by atoms with Crippen molar-refractivity contribution in [3.05, 3.63) is 54.2 Å². The molecule has 0 saturated heterocycles. The summed E-state index contributed by atoms with van der Waals surface area (Å²) < 4.78 is 22.1. The minimum absolute atomic E-state index is 0.320. The second-order valence-electron chi connectivity index (χ2n) is 5.61. The van der Waals surface area contributed by atoms with Crippen LogP contribution in [0.1, 0.15) is 24.2 Å². The van der Waals surface area contributed by atoms with Gasteiger partial charge in [-0.05, 0) is 44.2 Å². The van der Waals surface area contributed by atoms with E-state index in [0.29, 0.717) is 47.3 Å². The standard InChI is InChI=1S/C21H21NO5/c1-4-25-20-12-16-17(13-19(20)24-3)22-10-9-18(16)27-15-8-6-7-14(11-15)21(23)26-5-2/h6-13H,4-5H2,1-3H3. The molecule has 0 atom stereocenters. The van der Waals surface area contributed by atoms with Gasteiger partial charge in [-0.1, -0.05) is 6.07 Å². The highest BCUT2D eigenvalue weighted by atomic mass is 16.5. The van der Waals surface area contributed by atoms with E-state index < -0.39 is 0 Å². The number of hydrogen-bond donors (Lipinski definition) is 0. The fourth-order valence-corrected chi connectivity index (χ4v) is 2.67. The smallest absolute Gasteiger partial charge is 0.338 e. The Morgan fingerprint density at radius 1 is 1.00 bits per heavy atom. The van der Waals surface area contributed by atoms with Crippen molar-refractivity contribution in [2.24, 2.45) is 0 Å². The highest BCUT2D eigenvalue weighted by Gasteiger charge is 2.13. The molecule has 3 rings (SSSR count). The van der Waals surface area contributed by atoms with Gasteiger partial charge in [0.1, 0.15) is 11.5 Å². The molecule has 0 radical (unpaired) electrons.